The van der Waals surface area contributed by atoms with Gasteiger partial charge in [-0.25, -0.2) is 0 Å². The Morgan fingerprint density at radius 3 is 1.74 bits per heavy atom. The van der Waals surface area contributed by atoms with Crippen molar-refractivity contribution in [3.05, 3.63) is 0 Å². The molecule has 0 saturated carbocycles. The minimum absolute atomic E-state index is 0.258. The van der Waals surface area contributed by atoms with E-state index in [1.165, 1.54) is 36.5 Å². The van der Waals surface area contributed by atoms with Crippen molar-refractivity contribution in [2.24, 2.45) is 5.92 Å². The van der Waals surface area contributed by atoms with Crippen LogP contribution < -0.4 is 0 Å². The number of hydrogen-bond acceptors (Lipinski definition) is 2. The Morgan fingerprint density at radius 1 is 0.842 bits per heavy atom. The number of hydrogen-bond donors (Lipinski definition) is 2. The van der Waals surface area contributed by atoms with Gasteiger partial charge >= 0.3 is 11.9 Å². The first-order chi connectivity index (χ1) is 9.07. The molecular formula is C14H25IO4. The zero-order valence-electron chi connectivity index (χ0n) is 11.4. The maximum Gasteiger partial charge on any atom is 0.307 e. The van der Waals surface area contributed by atoms with Gasteiger partial charge in [-0.1, -0.05) is 67.5 Å². The van der Waals surface area contributed by atoms with Crippen molar-refractivity contribution in [2.75, 3.05) is 4.43 Å². The molecule has 0 fully saturated rings. The molecule has 1 unspecified atom stereocenters. The fourth-order valence-corrected chi connectivity index (χ4v) is 2.61. The zero-order chi connectivity index (χ0) is 14.5. The van der Waals surface area contributed by atoms with Gasteiger partial charge < -0.3 is 10.2 Å². The van der Waals surface area contributed by atoms with Crippen molar-refractivity contribution in [1.29, 1.82) is 0 Å². The van der Waals surface area contributed by atoms with Crippen LogP contribution in [0, 0.1) is 5.92 Å². The van der Waals surface area contributed by atoms with Crippen LogP contribution in [-0.4, -0.2) is 26.6 Å². The Balaban J connectivity index is 3.45. The van der Waals surface area contributed by atoms with Crippen molar-refractivity contribution in [1.82, 2.24) is 0 Å². The molecule has 0 spiro atoms. The first kappa shape index (κ1) is 18.7. The summed E-state index contributed by atoms with van der Waals surface area (Å²) in [6, 6.07) is 0. The molecule has 0 bridgehead atoms. The molecule has 0 radical (unpaired) electrons. The number of rotatable bonds is 13. The van der Waals surface area contributed by atoms with Gasteiger partial charge in [-0.15, -0.1) is 0 Å². The van der Waals surface area contributed by atoms with E-state index in [0.717, 1.165) is 19.3 Å². The fourth-order valence-electron chi connectivity index (χ4n) is 2.07. The largest absolute Gasteiger partial charge is 0.481 e. The summed E-state index contributed by atoms with van der Waals surface area (Å²) in [4.78, 5) is 21.3. The average molecular weight is 384 g/mol. The van der Waals surface area contributed by atoms with E-state index in [2.05, 4.69) is 22.6 Å². The predicted molar refractivity (Wildman–Crippen MR) is 83.8 cm³/mol. The Bertz CT molecular complexity index is 256. The van der Waals surface area contributed by atoms with E-state index in [0.29, 0.717) is 6.42 Å². The van der Waals surface area contributed by atoms with Crippen LogP contribution in [0.25, 0.3) is 0 Å². The number of carboxylic acid groups (broad SMARTS) is 2. The first-order valence-electron chi connectivity index (χ1n) is 7.08. The topological polar surface area (TPSA) is 74.6 Å². The van der Waals surface area contributed by atoms with Crippen LogP contribution in [0.2, 0.25) is 0 Å². The van der Waals surface area contributed by atoms with Crippen molar-refractivity contribution < 1.29 is 19.8 Å². The minimum atomic E-state index is -1.03. The summed E-state index contributed by atoms with van der Waals surface area (Å²) in [5.41, 5.74) is 0. The Morgan fingerprint density at radius 2 is 1.32 bits per heavy atom. The Labute approximate surface area is 129 Å². The third-order valence-corrected chi connectivity index (χ3v) is 3.97. The van der Waals surface area contributed by atoms with Gasteiger partial charge in [-0.05, 0) is 17.3 Å². The highest BCUT2D eigenvalue weighted by Gasteiger charge is 2.19. The lowest BCUT2D eigenvalue weighted by Gasteiger charge is -2.09. The molecule has 0 aromatic rings. The second kappa shape index (κ2) is 12.7. The maximum atomic E-state index is 10.8. The molecule has 0 amide bonds. The summed E-state index contributed by atoms with van der Waals surface area (Å²) >= 11 is 2.40. The van der Waals surface area contributed by atoms with Gasteiger partial charge in [0.2, 0.25) is 0 Å². The molecule has 0 aromatic carbocycles. The number of halogens is 1. The summed E-state index contributed by atoms with van der Waals surface area (Å²) in [6.45, 7) is 0. The highest BCUT2D eigenvalue weighted by atomic mass is 127. The van der Waals surface area contributed by atoms with Gasteiger partial charge in [0, 0.05) is 0 Å². The zero-order valence-corrected chi connectivity index (χ0v) is 13.6. The first-order valence-corrected chi connectivity index (χ1v) is 8.61. The molecule has 19 heavy (non-hydrogen) atoms. The van der Waals surface area contributed by atoms with Gasteiger partial charge in [-0.2, -0.15) is 0 Å². The number of carboxylic acids is 2. The van der Waals surface area contributed by atoms with Gasteiger partial charge in [0.15, 0.2) is 0 Å². The Hall–Kier alpha value is -0.330. The maximum absolute atomic E-state index is 10.8. The second-order valence-electron chi connectivity index (χ2n) is 4.94. The van der Waals surface area contributed by atoms with E-state index in [-0.39, 0.29) is 6.42 Å². The predicted octanol–water partition coefficient (Wildman–Crippen LogP) is 4.11. The molecule has 0 saturated heterocycles. The van der Waals surface area contributed by atoms with Crippen molar-refractivity contribution >= 4 is 34.5 Å². The van der Waals surface area contributed by atoms with Crippen molar-refractivity contribution in [3.63, 3.8) is 0 Å². The number of carbonyl (C=O) groups is 2. The van der Waals surface area contributed by atoms with Crippen molar-refractivity contribution in [3.8, 4) is 0 Å². The summed E-state index contributed by atoms with van der Waals surface area (Å²) in [5, 5.41) is 17.5. The summed E-state index contributed by atoms with van der Waals surface area (Å²) in [7, 11) is 0. The van der Waals surface area contributed by atoms with E-state index in [1.54, 1.807) is 0 Å². The van der Waals surface area contributed by atoms with Crippen molar-refractivity contribution in [2.45, 2.75) is 64.2 Å². The molecule has 5 heteroatoms. The lowest BCUT2D eigenvalue weighted by Crippen LogP contribution is -2.17. The van der Waals surface area contributed by atoms with Gasteiger partial charge in [0.1, 0.15) is 0 Å². The van der Waals surface area contributed by atoms with Crippen LogP contribution in [0.1, 0.15) is 64.2 Å². The second-order valence-corrected chi connectivity index (χ2v) is 6.02. The number of alkyl halides is 1. The summed E-state index contributed by atoms with van der Waals surface area (Å²) in [5.74, 6) is -2.73. The monoisotopic (exact) mass is 384 g/mol. The smallest absolute Gasteiger partial charge is 0.307 e. The molecular weight excluding hydrogens is 359 g/mol. The van der Waals surface area contributed by atoms with E-state index in [4.69, 9.17) is 10.2 Å². The molecule has 2 N–H and O–H groups in total. The molecule has 0 aliphatic carbocycles. The molecule has 0 heterocycles. The molecule has 0 aliphatic heterocycles. The highest BCUT2D eigenvalue weighted by molar-refractivity contribution is 14.1. The third kappa shape index (κ3) is 12.4. The normalized spacial score (nSPS) is 12.3. The third-order valence-electron chi connectivity index (χ3n) is 3.21. The van der Waals surface area contributed by atoms with Crippen LogP contribution in [0.5, 0.6) is 0 Å². The molecule has 0 rings (SSSR count). The summed E-state index contributed by atoms with van der Waals surface area (Å²) in [6.07, 6.45) is 9.55. The Kier molecular flexibility index (Phi) is 12.5. The van der Waals surface area contributed by atoms with Crippen LogP contribution in [0.4, 0.5) is 0 Å². The van der Waals surface area contributed by atoms with Crippen LogP contribution in [0.15, 0.2) is 0 Å². The van der Waals surface area contributed by atoms with Crippen LogP contribution in [0.3, 0.4) is 0 Å². The summed E-state index contributed by atoms with van der Waals surface area (Å²) < 4.78 is 1.23. The van der Waals surface area contributed by atoms with E-state index < -0.39 is 17.9 Å². The van der Waals surface area contributed by atoms with Crippen LogP contribution >= 0.6 is 22.6 Å². The minimum Gasteiger partial charge on any atom is -0.481 e. The molecule has 4 nitrogen and oxygen atoms in total. The van der Waals surface area contributed by atoms with E-state index in [9.17, 15) is 9.59 Å². The van der Waals surface area contributed by atoms with Crippen LogP contribution in [-0.2, 0) is 9.59 Å². The quantitative estimate of drug-likeness (QED) is 0.285. The molecule has 1 atom stereocenters. The average Bonchev–Trinajstić information content (AvgIpc) is 2.34. The SMILES string of the molecule is O=C(O)CC(CCCCCCCCCCI)C(=O)O. The van der Waals surface area contributed by atoms with Gasteiger partial charge in [0.05, 0.1) is 12.3 Å². The molecule has 112 valence electrons. The molecule has 0 aliphatic rings. The lowest BCUT2D eigenvalue weighted by molar-refractivity contribution is -0.148. The van der Waals surface area contributed by atoms with Gasteiger partial charge in [0.25, 0.3) is 0 Å². The van der Waals surface area contributed by atoms with Gasteiger partial charge in [-0.3, -0.25) is 9.59 Å². The fraction of sp³-hybridized carbons (Fsp3) is 0.857. The van der Waals surface area contributed by atoms with E-state index >= 15 is 0 Å². The standard InChI is InChI=1S/C14H25IO4/c15-10-8-6-4-2-1-3-5-7-9-12(14(18)19)11-13(16)17/h12H,1-11H2,(H,16,17)(H,18,19). The molecule has 0 aromatic heterocycles. The lowest BCUT2D eigenvalue weighted by atomic mass is 9.97. The highest BCUT2D eigenvalue weighted by Crippen LogP contribution is 2.16. The van der Waals surface area contributed by atoms with E-state index in [1.807, 2.05) is 0 Å². The number of unbranched alkanes of at least 4 members (excludes halogenated alkanes) is 7. The number of aliphatic carboxylic acids is 2.